The zero-order valence-corrected chi connectivity index (χ0v) is 13.3. The molecule has 92 valence electrons. The second-order valence-corrected chi connectivity index (χ2v) is 13.4. The van der Waals surface area contributed by atoms with E-state index >= 15 is 0 Å². The van der Waals surface area contributed by atoms with Crippen molar-refractivity contribution in [2.45, 2.75) is 52.9 Å². The van der Waals surface area contributed by atoms with E-state index in [0.29, 0.717) is 24.5 Å². The van der Waals surface area contributed by atoms with Gasteiger partial charge >= 0.3 is 0 Å². The molecule has 0 aliphatic heterocycles. The summed E-state index contributed by atoms with van der Waals surface area (Å²) in [6.45, 7) is 14.2. The minimum atomic E-state index is -2.04. The van der Waals surface area contributed by atoms with Crippen molar-refractivity contribution in [1.29, 1.82) is 0 Å². The third kappa shape index (κ3) is 4.79. The summed E-state index contributed by atoms with van der Waals surface area (Å²) in [5, 5.41) is 0. The van der Waals surface area contributed by atoms with Gasteiger partial charge in [-0.2, -0.15) is 0 Å². The molecule has 0 rings (SSSR count). The standard InChI is InChI=1S/C10H24O2P2S/c1-7-11-14(15,12-8-2)13(9(3)4)10(5)6/h9-10H,7-8H2,1-6H3. The average Bonchev–Trinajstić information content (AvgIpc) is 2.02. The van der Waals surface area contributed by atoms with Crippen molar-refractivity contribution < 1.29 is 9.05 Å². The Hall–Kier alpha value is 1.00. The molecule has 0 unspecified atom stereocenters. The summed E-state index contributed by atoms with van der Waals surface area (Å²) in [6.07, 6.45) is -2.04. The summed E-state index contributed by atoms with van der Waals surface area (Å²) < 4.78 is 11.6. The first-order chi connectivity index (χ1) is 6.89. The minimum absolute atomic E-state index is 0.354. The molecule has 0 saturated heterocycles. The molecule has 0 aromatic rings. The molecule has 0 radical (unpaired) electrons. The van der Waals surface area contributed by atoms with Crippen LogP contribution in [0.3, 0.4) is 0 Å². The van der Waals surface area contributed by atoms with Crippen molar-refractivity contribution >= 4 is 25.6 Å². The Morgan fingerprint density at radius 3 is 1.53 bits per heavy atom. The molecule has 0 atom stereocenters. The summed E-state index contributed by atoms with van der Waals surface area (Å²) in [5.74, 6) is 0. The topological polar surface area (TPSA) is 18.5 Å². The molecule has 0 aromatic carbocycles. The maximum absolute atomic E-state index is 5.79. The van der Waals surface area contributed by atoms with Crippen LogP contribution in [0.1, 0.15) is 41.5 Å². The molecule has 15 heavy (non-hydrogen) atoms. The maximum Gasteiger partial charge on any atom is 0.210 e. The summed E-state index contributed by atoms with van der Waals surface area (Å²) in [6, 6.07) is 0. The lowest BCUT2D eigenvalue weighted by Crippen LogP contribution is -2.07. The number of rotatable bonds is 7. The van der Waals surface area contributed by atoms with Gasteiger partial charge in [-0.15, -0.1) is 0 Å². The smallest absolute Gasteiger partial charge is 0.210 e. The van der Waals surface area contributed by atoms with Crippen molar-refractivity contribution in [2.75, 3.05) is 13.2 Å². The lowest BCUT2D eigenvalue weighted by molar-refractivity contribution is 0.279. The van der Waals surface area contributed by atoms with Crippen molar-refractivity contribution in [3.63, 3.8) is 0 Å². The zero-order chi connectivity index (χ0) is 12.1. The molecular weight excluding hydrogens is 246 g/mol. The number of hydrogen-bond acceptors (Lipinski definition) is 3. The fourth-order valence-corrected chi connectivity index (χ4v) is 13.9. The third-order valence-electron chi connectivity index (χ3n) is 1.93. The van der Waals surface area contributed by atoms with Crippen LogP contribution >= 0.6 is 13.8 Å². The highest BCUT2D eigenvalue weighted by atomic mass is 32.6. The van der Waals surface area contributed by atoms with E-state index in [1.54, 1.807) is 0 Å². The van der Waals surface area contributed by atoms with Gasteiger partial charge in [-0.05, 0) is 44.6 Å². The highest BCUT2D eigenvalue weighted by Crippen LogP contribution is 2.80. The average molecular weight is 270 g/mol. The second-order valence-electron chi connectivity index (χ2n) is 3.87. The van der Waals surface area contributed by atoms with E-state index in [1.807, 2.05) is 13.8 Å². The van der Waals surface area contributed by atoms with E-state index in [-0.39, 0.29) is 7.61 Å². The molecule has 2 nitrogen and oxygen atoms in total. The molecule has 0 fully saturated rings. The van der Waals surface area contributed by atoms with Crippen molar-refractivity contribution in [1.82, 2.24) is 0 Å². The summed E-state index contributed by atoms with van der Waals surface area (Å²) in [5.41, 5.74) is 1.15. The third-order valence-corrected chi connectivity index (χ3v) is 13.3. The van der Waals surface area contributed by atoms with Crippen LogP contribution in [0.25, 0.3) is 0 Å². The SMILES string of the molecule is CCOP(=S)(OCC)P(C(C)C)C(C)C. The van der Waals surface area contributed by atoms with Gasteiger partial charge in [0.05, 0.1) is 13.2 Å². The van der Waals surface area contributed by atoms with Gasteiger partial charge in [0, 0.05) is 0 Å². The van der Waals surface area contributed by atoms with E-state index in [4.69, 9.17) is 20.9 Å². The maximum atomic E-state index is 5.79. The van der Waals surface area contributed by atoms with Crippen molar-refractivity contribution in [2.24, 2.45) is 0 Å². The fourth-order valence-electron chi connectivity index (χ4n) is 1.66. The molecule has 0 aliphatic rings. The molecular formula is C10H24O2P2S. The molecule has 0 aromatic heterocycles. The largest absolute Gasteiger partial charge is 0.327 e. The Morgan fingerprint density at radius 2 is 1.33 bits per heavy atom. The predicted molar refractivity (Wildman–Crippen MR) is 74.7 cm³/mol. The summed E-state index contributed by atoms with van der Waals surface area (Å²) in [4.78, 5) is 0. The Morgan fingerprint density at radius 1 is 1.00 bits per heavy atom. The summed E-state index contributed by atoms with van der Waals surface area (Å²) >= 11 is 5.67. The van der Waals surface area contributed by atoms with Gasteiger partial charge in [-0.25, -0.2) is 0 Å². The normalized spacial score (nSPS) is 13.1. The Labute approximate surface area is 101 Å². The first-order valence-electron chi connectivity index (χ1n) is 5.57. The minimum Gasteiger partial charge on any atom is -0.327 e. The van der Waals surface area contributed by atoms with Gasteiger partial charge in [0.1, 0.15) is 0 Å². The first kappa shape index (κ1) is 16.0. The van der Waals surface area contributed by atoms with Gasteiger partial charge in [-0.1, -0.05) is 27.7 Å². The highest BCUT2D eigenvalue weighted by molar-refractivity contribution is 8.48. The van der Waals surface area contributed by atoms with Crippen LogP contribution in [0, 0.1) is 0 Å². The van der Waals surface area contributed by atoms with Gasteiger partial charge in [0.25, 0.3) is 0 Å². The molecule has 5 heteroatoms. The van der Waals surface area contributed by atoms with Gasteiger partial charge in [0.2, 0.25) is 6.18 Å². The summed E-state index contributed by atoms with van der Waals surface area (Å²) in [7, 11) is -0.354. The lowest BCUT2D eigenvalue weighted by Gasteiger charge is -2.35. The van der Waals surface area contributed by atoms with Crippen LogP contribution in [-0.4, -0.2) is 24.5 Å². The van der Waals surface area contributed by atoms with E-state index in [0.717, 1.165) is 0 Å². The zero-order valence-electron chi connectivity index (χ0n) is 10.7. The monoisotopic (exact) mass is 270 g/mol. The fraction of sp³-hybridized carbons (Fsp3) is 1.00. The van der Waals surface area contributed by atoms with Crippen LogP contribution in [0.4, 0.5) is 0 Å². The molecule has 0 saturated carbocycles. The molecule has 0 aliphatic carbocycles. The number of hydrogen-bond donors (Lipinski definition) is 0. The molecule has 0 amide bonds. The van der Waals surface area contributed by atoms with E-state index in [1.165, 1.54) is 0 Å². The highest BCUT2D eigenvalue weighted by Gasteiger charge is 2.34. The quantitative estimate of drug-likeness (QED) is 0.631. The Kier molecular flexibility index (Phi) is 7.84. The predicted octanol–water partition coefficient (Wildman–Crippen LogP) is 4.58. The van der Waals surface area contributed by atoms with E-state index in [9.17, 15) is 0 Å². The molecule has 0 N–H and O–H groups in total. The van der Waals surface area contributed by atoms with Gasteiger partial charge in [0.15, 0.2) is 0 Å². The molecule has 0 spiro atoms. The molecule has 0 bridgehead atoms. The van der Waals surface area contributed by atoms with Crippen LogP contribution < -0.4 is 0 Å². The van der Waals surface area contributed by atoms with Crippen molar-refractivity contribution in [3.05, 3.63) is 0 Å². The first-order valence-corrected chi connectivity index (χ1v) is 10.4. The second kappa shape index (κ2) is 7.35. The van der Waals surface area contributed by atoms with Gasteiger partial charge < -0.3 is 9.05 Å². The Bertz CT molecular complexity index is 201. The van der Waals surface area contributed by atoms with E-state index < -0.39 is 6.18 Å². The molecule has 0 heterocycles. The lowest BCUT2D eigenvalue weighted by atomic mass is 10.5. The van der Waals surface area contributed by atoms with Crippen LogP contribution in [0.15, 0.2) is 0 Å². The van der Waals surface area contributed by atoms with Gasteiger partial charge in [-0.3, -0.25) is 0 Å². The van der Waals surface area contributed by atoms with Crippen LogP contribution in [0.5, 0.6) is 0 Å². The van der Waals surface area contributed by atoms with E-state index in [2.05, 4.69) is 27.7 Å². The Balaban J connectivity index is 4.91. The van der Waals surface area contributed by atoms with Crippen LogP contribution in [0.2, 0.25) is 0 Å². The van der Waals surface area contributed by atoms with Crippen molar-refractivity contribution in [3.8, 4) is 0 Å². The van der Waals surface area contributed by atoms with Crippen LogP contribution in [-0.2, 0) is 20.9 Å².